The lowest BCUT2D eigenvalue weighted by Crippen LogP contribution is -2.28. The Morgan fingerprint density at radius 2 is 2.20 bits per heavy atom. The number of nitrogens with two attached hydrogens (primary N) is 1. The van der Waals surface area contributed by atoms with Crippen LogP contribution >= 0.6 is 0 Å². The Kier molecular flexibility index (Phi) is 3.44. The van der Waals surface area contributed by atoms with Crippen molar-refractivity contribution < 1.29 is 0 Å². The van der Waals surface area contributed by atoms with Crippen molar-refractivity contribution in [3.05, 3.63) is 48.3 Å². The summed E-state index contributed by atoms with van der Waals surface area (Å²) in [6.07, 6.45) is 12.0. The fourth-order valence-corrected chi connectivity index (χ4v) is 2.32. The number of hydrogen-bond donors (Lipinski definition) is 2. The predicted octanol–water partition coefficient (Wildman–Crippen LogP) is 0.888. The summed E-state index contributed by atoms with van der Waals surface area (Å²) in [5.41, 5.74) is 5.76. The van der Waals surface area contributed by atoms with Gasteiger partial charge in [-0.1, -0.05) is 6.92 Å². The summed E-state index contributed by atoms with van der Waals surface area (Å²) in [7, 11) is 0. The fraction of sp³-hybridized carbons (Fsp3) is 0.308. The molecule has 0 aliphatic rings. The Morgan fingerprint density at radius 3 is 3.00 bits per heavy atom. The van der Waals surface area contributed by atoms with E-state index in [1.165, 1.54) is 0 Å². The van der Waals surface area contributed by atoms with Gasteiger partial charge in [0.2, 0.25) is 0 Å². The van der Waals surface area contributed by atoms with Crippen molar-refractivity contribution in [2.24, 2.45) is 5.84 Å². The van der Waals surface area contributed by atoms with Crippen LogP contribution in [0.5, 0.6) is 0 Å². The number of fused-ring (bicyclic) bond motifs is 1. The smallest absolute Gasteiger partial charge is 0.0896 e. The SMILES string of the molecule is CCCn1cc(C(NN)c2cnn3ccncc23)cn1. The number of aryl methyl sites for hydroxylation is 1. The van der Waals surface area contributed by atoms with Gasteiger partial charge in [0.15, 0.2) is 0 Å². The number of rotatable bonds is 5. The number of hydrogen-bond acceptors (Lipinski definition) is 5. The molecule has 0 aromatic carbocycles. The van der Waals surface area contributed by atoms with E-state index in [2.05, 4.69) is 27.5 Å². The third-order valence-corrected chi connectivity index (χ3v) is 3.27. The standard InChI is InChI=1S/C13H17N7/c1-2-4-19-9-10(6-16-19)13(18-14)11-7-17-20-5-3-15-8-12(11)20/h3,5-9,13,18H,2,4,14H2,1H3. The first kappa shape index (κ1) is 12.8. The summed E-state index contributed by atoms with van der Waals surface area (Å²) in [5, 5.41) is 8.65. The maximum Gasteiger partial charge on any atom is 0.0896 e. The molecule has 20 heavy (non-hydrogen) atoms. The topological polar surface area (TPSA) is 86.1 Å². The van der Waals surface area contributed by atoms with Gasteiger partial charge in [-0.15, -0.1) is 0 Å². The molecule has 0 saturated carbocycles. The van der Waals surface area contributed by atoms with E-state index in [9.17, 15) is 0 Å². The molecule has 0 amide bonds. The molecular weight excluding hydrogens is 254 g/mol. The lowest BCUT2D eigenvalue weighted by atomic mass is 10.0. The van der Waals surface area contributed by atoms with Gasteiger partial charge in [0.05, 0.1) is 30.1 Å². The van der Waals surface area contributed by atoms with E-state index in [-0.39, 0.29) is 6.04 Å². The number of aromatic nitrogens is 5. The molecular formula is C13H17N7. The Hall–Kier alpha value is -2.25. The Balaban J connectivity index is 2.00. The van der Waals surface area contributed by atoms with Crippen LogP contribution in [0.4, 0.5) is 0 Å². The summed E-state index contributed by atoms with van der Waals surface area (Å²) >= 11 is 0. The van der Waals surface area contributed by atoms with Gasteiger partial charge in [0.1, 0.15) is 0 Å². The van der Waals surface area contributed by atoms with E-state index < -0.39 is 0 Å². The minimum atomic E-state index is -0.151. The van der Waals surface area contributed by atoms with E-state index in [1.807, 2.05) is 23.3 Å². The third kappa shape index (κ3) is 2.17. The molecule has 7 nitrogen and oxygen atoms in total. The van der Waals surface area contributed by atoms with Gasteiger partial charge in [-0.25, -0.2) is 9.94 Å². The average molecular weight is 271 g/mol. The van der Waals surface area contributed by atoms with Gasteiger partial charge in [-0.05, 0) is 6.42 Å². The maximum atomic E-state index is 5.73. The zero-order chi connectivity index (χ0) is 13.9. The van der Waals surface area contributed by atoms with E-state index in [1.54, 1.807) is 23.1 Å². The van der Waals surface area contributed by atoms with Crippen LogP contribution < -0.4 is 11.3 Å². The van der Waals surface area contributed by atoms with Crippen LogP contribution in [0, 0.1) is 0 Å². The van der Waals surface area contributed by atoms with Crippen molar-refractivity contribution in [2.75, 3.05) is 0 Å². The summed E-state index contributed by atoms with van der Waals surface area (Å²) in [5.74, 6) is 5.73. The molecule has 1 unspecified atom stereocenters. The minimum absolute atomic E-state index is 0.151. The Labute approximate surface area is 116 Å². The van der Waals surface area contributed by atoms with Crippen molar-refractivity contribution >= 4 is 5.52 Å². The van der Waals surface area contributed by atoms with E-state index in [4.69, 9.17) is 5.84 Å². The van der Waals surface area contributed by atoms with Gasteiger partial charge in [-0.3, -0.25) is 15.5 Å². The largest absolute Gasteiger partial charge is 0.272 e. The molecule has 1 atom stereocenters. The molecule has 0 spiro atoms. The first-order valence-electron chi connectivity index (χ1n) is 6.59. The maximum absolute atomic E-state index is 5.73. The van der Waals surface area contributed by atoms with Crippen LogP contribution in [0.15, 0.2) is 37.2 Å². The van der Waals surface area contributed by atoms with Crippen LogP contribution in [0.2, 0.25) is 0 Å². The molecule has 3 heterocycles. The average Bonchev–Trinajstić information content (AvgIpc) is 3.09. The fourth-order valence-electron chi connectivity index (χ4n) is 2.32. The van der Waals surface area contributed by atoms with E-state index >= 15 is 0 Å². The van der Waals surface area contributed by atoms with Crippen molar-refractivity contribution in [3.63, 3.8) is 0 Å². The molecule has 3 aromatic rings. The van der Waals surface area contributed by atoms with Crippen molar-refractivity contribution in [2.45, 2.75) is 25.9 Å². The molecule has 0 aliphatic heterocycles. The summed E-state index contributed by atoms with van der Waals surface area (Å²) in [4.78, 5) is 4.14. The summed E-state index contributed by atoms with van der Waals surface area (Å²) in [6, 6.07) is -0.151. The van der Waals surface area contributed by atoms with Crippen molar-refractivity contribution in [1.82, 2.24) is 29.8 Å². The highest BCUT2D eigenvalue weighted by atomic mass is 15.3. The second kappa shape index (κ2) is 5.40. The van der Waals surface area contributed by atoms with Crippen LogP contribution in [-0.4, -0.2) is 24.4 Å². The van der Waals surface area contributed by atoms with Gasteiger partial charge in [0.25, 0.3) is 0 Å². The molecule has 0 saturated heterocycles. The van der Waals surface area contributed by atoms with Crippen molar-refractivity contribution in [3.8, 4) is 0 Å². The molecule has 0 bridgehead atoms. The highest BCUT2D eigenvalue weighted by molar-refractivity contribution is 5.55. The third-order valence-electron chi connectivity index (χ3n) is 3.27. The molecule has 3 aromatic heterocycles. The second-order valence-electron chi connectivity index (χ2n) is 4.64. The van der Waals surface area contributed by atoms with Gasteiger partial charge >= 0.3 is 0 Å². The lowest BCUT2D eigenvalue weighted by Gasteiger charge is -2.12. The Morgan fingerprint density at radius 1 is 1.30 bits per heavy atom. The minimum Gasteiger partial charge on any atom is -0.272 e. The number of nitrogens with zero attached hydrogens (tertiary/aromatic N) is 5. The summed E-state index contributed by atoms with van der Waals surface area (Å²) < 4.78 is 3.70. The molecule has 0 radical (unpaired) electrons. The monoisotopic (exact) mass is 271 g/mol. The quantitative estimate of drug-likeness (QED) is 0.531. The van der Waals surface area contributed by atoms with Gasteiger partial charge in [-0.2, -0.15) is 10.2 Å². The Bertz CT molecular complexity index is 699. The first-order chi connectivity index (χ1) is 9.83. The van der Waals surface area contributed by atoms with Crippen LogP contribution in [0.1, 0.15) is 30.5 Å². The van der Waals surface area contributed by atoms with Crippen LogP contribution in [-0.2, 0) is 6.54 Å². The van der Waals surface area contributed by atoms with E-state index in [0.29, 0.717) is 0 Å². The van der Waals surface area contributed by atoms with Crippen molar-refractivity contribution in [1.29, 1.82) is 0 Å². The lowest BCUT2D eigenvalue weighted by molar-refractivity contribution is 0.598. The first-order valence-corrected chi connectivity index (χ1v) is 6.59. The number of nitrogens with one attached hydrogen (secondary N) is 1. The summed E-state index contributed by atoms with van der Waals surface area (Å²) in [6.45, 7) is 3.02. The zero-order valence-corrected chi connectivity index (χ0v) is 11.3. The van der Waals surface area contributed by atoms with E-state index in [0.717, 1.165) is 29.6 Å². The molecule has 3 rings (SSSR count). The highest BCUT2D eigenvalue weighted by Gasteiger charge is 2.18. The molecule has 0 aliphatic carbocycles. The van der Waals surface area contributed by atoms with Crippen LogP contribution in [0.25, 0.3) is 5.52 Å². The normalized spacial score (nSPS) is 12.9. The molecule has 3 N–H and O–H groups in total. The molecule has 104 valence electrons. The molecule has 0 fully saturated rings. The number of hydrazine groups is 1. The van der Waals surface area contributed by atoms with Gasteiger partial charge < -0.3 is 0 Å². The molecule has 7 heteroatoms. The second-order valence-corrected chi connectivity index (χ2v) is 4.64. The zero-order valence-electron chi connectivity index (χ0n) is 11.3. The van der Waals surface area contributed by atoms with Crippen LogP contribution in [0.3, 0.4) is 0 Å². The van der Waals surface area contributed by atoms with Gasteiger partial charge in [0, 0.05) is 36.3 Å². The predicted molar refractivity (Wildman–Crippen MR) is 74.7 cm³/mol. The highest BCUT2D eigenvalue weighted by Crippen LogP contribution is 2.24.